The van der Waals surface area contributed by atoms with Crippen molar-refractivity contribution in [1.29, 1.82) is 0 Å². The van der Waals surface area contributed by atoms with Crippen molar-refractivity contribution in [1.82, 2.24) is 0 Å². The van der Waals surface area contributed by atoms with Crippen molar-refractivity contribution in [3.63, 3.8) is 0 Å². The molecule has 0 aliphatic carbocycles. The van der Waals surface area contributed by atoms with Gasteiger partial charge in [0.25, 0.3) is 0 Å². The first kappa shape index (κ1) is 17.3. The second kappa shape index (κ2) is 8.51. The molecule has 1 atom stereocenters. The number of aliphatic imine (C=N–C) groups is 1. The lowest BCUT2D eigenvalue weighted by atomic mass is 10.1. The van der Waals surface area contributed by atoms with Gasteiger partial charge in [-0.25, -0.2) is 4.99 Å². The molecule has 1 aromatic rings. The Kier molecular flexibility index (Phi) is 6.39. The van der Waals surface area contributed by atoms with Crippen molar-refractivity contribution in [2.75, 3.05) is 11.4 Å². The quantitative estimate of drug-likeness (QED) is 0.704. The molecule has 0 spiro atoms. The van der Waals surface area contributed by atoms with Crippen LogP contribution in [0.4, 0.5) is 5.69 Å². The van der Waals surface area contributed by atoms with Gasteiger partial charge in [0.05, 0.1) is 18.7 Å². The summed E-state index contributed by atoms with van der Waals surface area (Å²) in [6.45, 7) is 6.81. The standard InChI is InChI=1S/C19H26N2O2/c1-4-7-15(3)19(22)23-18-14-21(12-11-20-18)17-10-6-9-16(13-17)8-5-2/h6,9-11,13-15H,4-5,7-8,12H2,1-3H3. The molecule has 0 aromatic heterocycles. The first-order valence-electron chi connectivity index (χ1n) is 8.45. The van der Waals surface area contributed by atoms with Crippen LogP contribution in [-0.2, 0) is 16.0 Å². The monoisotopic (exact) mass is 314 g/mol. The summed E-state index contributed by atoms with van der Waals surface area (Å²) in [4.78, 5) is 18.3. The molecule has 1 aromatic carbocycles. The summed E-state index contributed by atoms with van der Waals surface area (Å²) in [5, 5.41) is 0. The maximum Gasteiger partial charge on any atom is 0.315 e. The predicted octanol–water partition coefficient (Wildman–Crippen LogP) is 4.31. The van der Waals surface area contributed by atoms with Crippen molar-refractivity contribution in [3.05, 3.63) is 41.9 Å². The van der Waals surface area contributed by atoms with E-state index in [2.05, 4.69) is 48.0 Å². The fourth-order valence-electron chi connectivity index (χ4n) is 2.60. The van der Waals surface area contributed by atoms with E-state index in [-0.39, 0.29) is 11.9 Å². The average Bonchev–Trinajstić information content (AvgIpc) is 2.56. The van der Waals surface area contributed by atoms with Crippen LogP contribution in [-0.4, -0.2) is 18.7 Å². The number of nitrogens with zero attached hydrogens (tertiary/aromatic N) is 2. The number of anilines is 1. The fraction of sp³-hybridized carbons (Fsp3) is 0.474. The molecule has 23 heavy (non-hydrogen) atoms. The van der Waals surface area contributed by atoms with E-state index < -0.39 is 0 Å². The maximum absolute atomic E-state index is 12.0. The molecule has 0 saturated heterocycles. The molecule has 4 heteroatoms. The van der Waals surface area contributed by atoms with E-state index in [0.29, 0.717) is 12.4 Å². The molecular weight excluding hydrogens is 288 g/mol. The molecule has 1 aliphatic heterocycles. The molecule has 2 rings (SSSR count). The van der Waals surface area contributed by atoms with E-state index in [4.69, 9.17) is 4.74 Å². The van der Waals surface area contributed by atoms with Crippen molar-refractivity contribution >= 4 is 17.9 Å². The van der Waals surface area contributed by atoms with Crippen LogP contribution in [0.2, 0.25) is 0 Å². The van der Waals surface area contributed by atoms with E-state index in [1.807, 2.05) is 13.1 Å². The molecule has 0 amide bonds. The second-order valence-electron chi connectivity index (χ2n) is 5.96. The highest BCUT2D eigenvalue weighted by Gasteiger charge is 2.17. The summed E-state index contributed by atoms with van der Waals surface area (Å²) < 4.78 is 5.42. The number of carbonyl (C=O) groups is 1. The van der Waals surface area contributed by atoms with Crippen LogP contribution in [0, 0.1) is 5.92 Å². The third-order valence-corrected chi connectivity index (χ3v) is 3.87. The summed E-state index contributed by atoms with van der Waals surface area (Å²) in [7, 11) is 0. The lowest BCUT2D eigenvalue weighted by Crippen LogP contribution is -2.24. The Morgan fingerprint density at radius 1 is 1.35 bits per heavy atom. The van der Waals surface area contributed by atoms with Gasteiger partial charge >= 0.3 is 5.97 Å². The molecule has 1 unspecified atom stereocenters. The van der Waals surface area contributed by atoms with Gasteiger partial charge in [-0.05, 0) is 30.5 Å². The highest BCUT2D eigenvalue weighted by molar-refractivity contribution is 5.75. The van der Waals surface area contributed by atoms with E-state index in [1.54, 1.807) is 6.21 Å². The van der Waals surface area contributed by atoms with E-state index in [9.17, 15) is 4.79 Å². The summed E-state index contributed by atoms with van der Waals surface area (Å²) in [5.41, 5.74) is 2.41. The Hall–Kier alpha value is -2.10. The minimum atomic E-state index is -0.211. The Bertz CT molecular complexity index is 593. The number of esters is 1. The topological polar surface area (TPSA) is 41.9 Å². The molecule has 0 N–H and O–H groups in total. The van der Waals surface area contributed by atoms with Crippen molar-refractivity contribution in [3.8, 4) is 0 Å². The number of carbonyl (C=O) groups excluding carboxylic acids is 1. The first-order chi connectivity index (χ1) is 11.1. The van der Waals surface area contributed by atoms with Gasteiger partial charge in [0.1, 0.15) is 0 Å². The lowest BCUT2D eigenvalue weighted by Gasteiger charge is -2.23. The predicted molar refractivity (Wildman–Crippen MR) is 94.5 cm³/mol. The average molecular weight is 314 g/mol. The number of rotatable bonds is 7. The molecule has 0 radical (unpaired) electrons. The van der Waals surface area contributed by atoms with Crippen LogP contribution < -0.4 is 4.90 Å². The summed E-state index contributed by atoms with van der Waals surface area (Å²) in [6.07, 6.45) is 7.57. The van der Waals surface area contributed by atoms with Gasteiger partial charge in [-0.2, -0.15) is 0 Å². The zero-order chi connectivity index (χ0) is 16.7. The fourth-order valence-corrected chi connectivity index (χ4v) is 2.60. The Labute approximate surface area is 138 Å². The zero-order valence-corrected chi connectivity index (χ0v) is 14.3. The number of aryl methyl sites for hydroxylation is 1. The van der Waals surface area contributed by atoms with Gasteiger partial charge in [0, 0.05) is 11.9 Å². The van der Waals surface area contributed by atoms with Gasteiger partial charge in [-0.15, -0.1) is 0 Å². The zero-order valence-electron chi connectivity index (χ0n) is 14.3. The van der Waals surface area contributed by atoms with E-state index in [1.165, 1.54) is 5.56 Å². The number of benzene rings is 1. The van der Waals surface area contributed by atoms with Gasteiger partial charge < -0.3 is 9.64 Å². The highest BCUT2D eigenvalue weighted by Crippen LogP contribution is 2.21. The number of ether oxygens (including phenoxy) is 1. The minimum Gasteiger partial charge on any atom is -0.406 e. The Balaban J connectivity index is 2.07. The third kappa shape index (κ3) is 4.95. The minimum absolute atomic E-state index is 0.0978. The lowest BCUT2D eigenvalue weighted by molar-refractivity contribution is -0.143. The smallest absolute Gasteiger partial charge is 0.315 e. The van der Waals surface area contributed by atoms with Crippen molar-refractivity contribution in [2.24, 2.45) is 10.9 Å². The second-order valence-corrected chi connectivity index (χ2v) is 5.96. The van der Waals surface area contributed by atoms with Crippen LogP contribution in [0.5, 0.6) is 0 Å². The van der Waals surface area contributed by atoms with E-state index in [0.717, 1.165) is 31.4 Å². The molecule has 124 valence electrons. The van der Waals surface area contributed by atoms with Gasteiger partial charge in [0.2, 0.25) is 5.88 Å². The van der Waals surface area contributed by atoms with Crippen LogP contribution in [0.15, 0.2) is 41.3 Å². The largest absolute Gasteiger partial charge is 0.406 e. The van der Waals surface area contributed by atoms with Gasteiger partial charge in [-0.1, -0.05) is 45.7 Å². The number of hydrogen-bond acceptors (Lipinski definition) is 4. The molecule has 1 heterocycles. The highest BCUT2D eigenvalue weighted by atomic mass is 16.5. The molecular formula is C19H26N2O2. The molecule has 4 nitrogen and oxygen atoms in total. The van der Waals surface area contributed by atoms with Crippen molar-refractivity contribution in [2.45, 2.75) is 46.5 Å². The normalized spacial score (nSPS) is 15.3. The summed E-state index contributed by atoms with van der Waals surface area (Å²) in [6, 6.07) is 8.45. The van der Waals surface area contributed by atoms with Crippen LogP contribution in [0.1, 0.15) is 45.6 Å². The SMILES string of the molecule is CCCc1cccc(N2C=C(OC(=O)C(C)CCC)N=CC2)c1. The van der Waals surface area contributed by atoms with Crippen LogP contribution >= 0.6 is 0 Å². The van der Waals surface area contributed by atoms with E-state index >= 15 is 0 Å². The number of hydrogen-bond donors (Lipinski definition) is 0. The molecule has 0 fully saturated rings. The summed E-state index contributed by atoms with van der Waals surface area (Å²) >= 11 is 0. The third-order valence-electron chi connectivity index (χ3n) is 3.87. The van der Waals surface area contributed by atoms with Gasteiger partial charge in [0.15, 0.2) is 0 Å². The maximum atomic E-state index is 12.0. The first-order valence-corrected chi connectivity index (χ1v) is 8.45. The molecule has 0 saturated carbocycles. The Morgan fingerprint density at radius 2 is 2.17 bits per heavy atom. The van der Waals surface area contributed by atoms with Gasteiger partial charge in [-0.3, -0.25) is 4.79 Å². The molecule has 0 bridgehead atoms. The summed E-state index contributed by atoms with van der Waals surface area (Å²) in [5.74, 6) is 0.0567. The Morgan fingerprint density at radius 3 is 2.91 bits per heavy atom. The van der Waals surface area contributed by atoms with Crippen LogP contribution in [0.3, 0.4) is 0 Å². The van der Waals surface area contributed by atoms with Crippen LogP contribution in [0.25, 0.3) is 0 Å². The van der Waals surface area contributed by atoms with Crippen molar-refractivity contribution < 1.29 is 9.53 Å². The molecule has 1 aliphatic rings.